The molecule has 6 nitrogen and oxygen atoms in total. The molecule has 0 fully saturated rings. The molecule has 0 aliphatic rings. The Kier molecular flexibility index (Phi) is 5.38. The van der Waals surface area contributed by atoms with Gasteiger partial charge in [-0.05, 0) is 24.1 Å². The first-order valence-electron chi connectivity index (χ1n) is 7.82. The maximum absolute atomic E-state index is 12.7. The molecule has 0 aliphatic heterocycles. The van der Waals surface area contributed by atoms with E-state index in [-0.39, 0.29) is 22.4 Å². The molecule has 26 heavy (non-hydrogen) atoms. The fraction of sp³-hybridized carbons (Fsp3) is 0.353. The normalized spacial score (nSPS) is 14.0. The van der Waals surface area contributed by atoms with Crippen LogP contribution in [0, 0.1) is 5.92 Å². The van der Waals surface area contributed by atoms with Gasteiger partial charge in [0.25, 0.3) is 5.91 Å². The molecule has 2 aromatic rings. The molecule has 140 valence electrons. The fourth-order valence-electron chi connectivity index (χ4n) is 2.47. The number of benzene rings is 1. The average Bonchev–Trinajstić information content (AvgIpc) is 2.57. The summed E-state index contributed by atoms with van der Waals surface area (Å²) >= 11 is 0. The summed E-state index contributed by atoms with van der Waals surface area (Å²) in [5, 5.41) is 11.4. The summed E-state index contributed by atoms with van der Waals surface area (Å²) in [5.41, 5.74) is -2.15. The summed E-state index contributed by atoms with van der Waals surface area (Å²) in [4.78, 5) is 38.5. The summed E-state index contributed by atoms with van der Waals surface area (Å²) in [7, 11) is 0. The van der Waals surface area contributed by atoms with Crippen LogP contribution < -0.4 is 10.7 Å². The Morgan fingerprint density at radius 3 is 2.50 bits per heavy atom. The van der Waals surface area contributed by atoms with Crippen LogP contribution >= 0.6 is 0 Å². The highest BCUT2D eigenvalue weighted by molar-refractivity contribution is 5.99. The molecule has 0 saturated heterocycles. The van der Waals surface area contributed by atoms with Gasteiger partial charge in [0.05, 0.1) is 5.56 Å². The van der Waals surface area contributed by atoms with Crippen molar-refractivity contribution in [2.75, 3.05) is 0 Å². The highest BCUT2D eigenvalue weighted by Crippen LogP contribution is 2.30. The zero-order chi connectivity index (χ0) is 19.6. The molecule has 0 spiro atoms. The molecule has 3 N–H and O–H groups in total. The van der Waals surface area contributed by atoms with E-state index in [0.717, 1.165) is 24.4 Å². The Morgan fingerprint density at radius 2 is 1.96 bits per heavy atom. The summed E-state index contributed by atoms with van der Waals surface area (Å²) < 4.78 is 38.2. The van der Waals surface area contributed by atoms with Crippen molar-refractivity contribution in [3.8, 4) is 0 Å². The van der Waals surface area contributed by atoms with Crippen LogP contribution in [0.15, 0.2) is 29.2 Å². The standard InChI is InChI=1S/C17H17F3N2O4/c1-3-8(2)13(16(25)26)22-15(24)11-7-21-12-6-9(17(18,19)20)4-5-10(12)14(11)23/h4-8,13H,3H2,1-2H3,(H,21,23)(H,22,24)(H,25,26)/t8-,13+/m1/s1. The first-order valence-corrected chi connectivity index (χ1v) is 7.82. The number of alkyl halides is 3. The van der Waals surface area contributed by atoms with Crippen molar-refractivity contribution in [1.82, 2.24) is 10.3 Å². The van der Waals surface area contributed by atoms with E-state index < -0.39 is 35.1 Å². The average molecular weight is 370 g/mol. The van der Waals surface area contributed by atoms with Gasteiger partial charge >= 0.3 is 12.1 Å². The molecule has 1 aromatic heterocycles. The summed E-state index contributed by atoms with van der Waals surface area (Å²) in [6.07, 6.45) is -3.09. The van der Waals surface area contributed by atoms with Crippen molar-refractivity contribution < 1.29 is 27.9 Å². The number of H-pyrrole nitrogens is 1. The number of carboxylic acids is 1. The lowest BCUT2D eigenvalue weighted by atomic mass is 9.99. The zero-order valence-corrected chi connectivity index (χ0v) is 14.0. The van der Waals surface area contributed by atoms with E-state index in [0.29, 0.717) is 6.42 Å². The molecule has 1 heterocycles. The van der Waals surface area contributed by atoms with E-state index in [9.17, 15) is 32.7 Å². The lowest BCUT2D eigenvalue weighted by Gasteiger charge is -2.20. The van der Waals surface area contributed by atoms with Crippen molar-refractivity contribution in [3.63, 3.8) is 0 Å². The van der Waals surface area contributed by atoms with Gasteiger partial charge in [-0.1, -0.05) is 20.3 Å². The van der Waals surface area contributed by atoms with E-state index in [1.165, 1.54) is 0 Å². The second-order valence-corrected chi connectivity index (χ2v) is 5.96. The van der Waals surface area contributed by atoms with Gasteiger partial charge in [0.15, 0.2) is 0 Å². The van der Waals surface area contributed by atoms with Crippen LogP contribution in [0.1, 0.15) is 36.2 Å². The number of pyridine rings is 1. The molecule has 2 rings (SSSR count). The number of hydrogen-bond donors (Lipinski definition) is 3. The molecular formula is C17H17F3N2O4. The predicted molar refractivity (Wildman–Crippen MR) is 87.9 cm³/mol. The van der Waals surface area contributed by atoms with Crippen LogP contribution in [0.4, 0.5) is 13.2 Å². The number of hydrogen-bond acceptors (Lipinski definition) is 3. The third-order valence-electron chi connectivity index (χ3n) is 4.22. The number of carbonyl (C=O) groups excluding carboxylic acids is 1. The van der Waals surface area contributed by atoms with Crippen LogP contribution in [-0.4, -0.2) is 28.0 Å². The van der Waals surface area contributed by atoms with Crippen LogP contribution in [0.5, 0.6) is 0 Å². The number of rotatable bonds is 5. The molecule has 1 amide bonds. The van der Waals surface area contributed by atoms with Crippen LogP contribution in [0.3, 0.4) is 0 Å². The molecule has 0 aliphatic carbocycles. The van der Waals surface area contributed by atoms with E-state index >= 15 is 0 Å². The van der Waals surface area contributed by atoms with Crippen molar-refractivity contribution in [2.24, 2.45) is 5.92 Å². The number of aromatic amines is 1. The van der Waals surface area contributed by atoms with Gasteiger partial charge in [-0.25, -0.2) is 4.79 Å². The number of carbonyl (C=O) groups is 2. The highest BCUT2D eigenvalue weighted by atomic mass is 19.4. The molecule has 0 unspecified atom stereocenters. The number of nitrogens with one attached hydrogen (secondary N) is 2. The Bertz CT molecular complexity index is 905. The predicted octanol–water partition coefficient (Wildman–Crippen LogP) is 2.78. The summed E-state index contributed by atoms with van der Waals surface area (Å²) in [6, 6.07) is 1.32. The van der Waals surface area contributed by atoms with E-state index in [1.54, 1.807) is 13.8 Å². The minimum atomic E-state index is -4.56. The first kappa shape index (κ1) is 19.5. The molecule has 0 radical (unpaired) electrons. The second-order valence-electron chi connectivity index (χ2n) is 5.96. The number of fused-ring (bicyclic) bond motifs is 1. The Labute approximate surface area is 146 Å². The third-order valence-corrected chi connectivity index (χ3v) is 4.22. The van der Waals surface area contributed by atoms with Gasteiger partial charge in [0.2, 0.25) is 5.43 Å². The lowest BCUT2D eigenvalue weighted by Crippen LogP contribution is -2.46. The quantitative estimate of drug-likeness (QED) is 0.754. The van der Waals surface area contributed by atoms with Gasteiger partial charge in [-0.15, -0.1) is 0 Å². The lowest BCUT2D eigenvalue weighted by molar-refractivity contribution is -0.140. The van der Waals surface area contributed by atoms with Crippen molar-refractivity contribution >= 4 is 22.8 Å². The second kappa shape index (κ2) is 7.19. The number of halogens is 3. The van der Waals surface area contributed by atoms with Crippen molar-refractivity contribution in [3.05, 3.63) is 45.7 Å². The smallest absolute Gasteiger partial charge is 0.416 e. The molecule has 0 saturated carbocycles. The first-order chi connectivity index (χ1) is 12.1. The van der Waals surface area contributed by atoms with E-state index in [1.807, 2.05) is 0 Å². The Hall–Kier alpha value is -2.84. The molecular weight excluding hydrogens is 353 g/mol. The summed E-state index contributed by atoms with van der Waals surface area (Å²) in [6.45, 7) is 3.40. The number of aromatic nitrogens is 1. The SMILES string of the molecule is CC[C@@H](C)[C@H](NC(=O)c1c[nH]c2cc(C(F)(F)F)ccc2c1=O)C(=O)O. The molecule has 1 aromatic carbocycles. The zero-order valence-electron chi connectivity index (χ0n) is 14.0. The number of aliphatic carboxylic acids is 1. The monoisotopic (exact) mass is 370 g/mol. The Balaban J connectivity index is 2.41. The van der Waals surface area contributed by atoms with Gasteiger partial charge < -0.3 is 15.4 Å². The number of carboxylic acid groups (broad SMARTS) is 1. The minimum absolute atomic E-state index is 0.0712. The maximum Gasteiger partial charge on any atom is 0.416 e. The van der Waals surface area contributed by atoms with Crippen molar-refractivity contribution in [1.29, 1.82) is 0 Å². The van der Waals surface area contributed by atoms with Crippen LogP contribution in [-0.2, 0) is 11.0 Å². The maximum atomic E-state index is 12.7. The van der Waals surface area contributed by atoms with Crippen molar-refractivity contribution in [2.45, 2.75) is 32.5 Å². The molecule has 9 heteroatoms. The van der Waals surface area contributed by atoms with Crippen LogP contribution in [0.2, 0.25) is 0 Å². The molecule has 0 bridgehead atoms. The minimum Gasteiger partial charge on any atom is -0.480 e. The van der Waals surface area contributed by atoms with Crippen LogP contribution in [0.25, 0.3) is 10.9 Å². The van der Waals surface area contributed by atoms with Gasteiger partial charge in [0, 0.05) is 17.1 Å². The number of amides is 1. The van der Waals surface area contributed by atoms with E-state index in [2.05, 4.69) is 10.3 Å². The Morgan fingerprint density at radius 1 is 1.31 bits per heavy atom. The molecule has 2 atom stereocenters. The highest BCUT2D eigenvalue weighted by Gasteiger charge is 2.31. The topological polar surface area (TPSA) is 99.3 Å². The van der Waals surface area contributed by atoms with Gasteiger partial charge in [-0.2, -0.15) is 13.2 Å². The third kappa shape index (κ3) is 3.87. The largest absolute Gasteiger partial charge is 0.480 e. The van der Waals surface area contributed by atoms with E-state index in [4.69, 9.17) is 0 Å². The van der Waals surface area contributed by atoms with Gasteiger partial charge in [0.1, 0.15) is 11.6 Å². The summed E-state index contributed by atoms with van der Waals surface area (Å²) in [5.74, 6) is -2.51. The fourth-order valence-corrected chi connectivity index (χ4v) is 2.47. The van der Waals surface area contributed by atoms with Gasteiger partial charge in [-0.3, -0.25) is 9.59 Å².